The Bertz CT molecular complexity index is 752. The maximum absolute atomic E-state index is 12.0. The monoisotopic (exact) mass is 295 g/mol. The minimum atomic E-state index is -0.420. The summed E-state index contributed by atoms with van der Waals surface area (Å²) < 4.78 is 5.31. The minimum absolute atomic E-state index is 0.420. The molecule has 0 aliphatic carbocycles. The molecule has 0 saturated carbocycles. The Balaban J connectivity index is 1.71. The van der Waals surface area contributed by atoms with Gasteiger partial charge < -0.3 is 10.5 Å². The zero-order chi connectivity index (χ0) is 15.4. The largest absolute Gasteiger partial charge is 0.423 e. The molecule has 110 valence electrons. The highest BCUT2D eigenvalue weighted by molar-refractivity contribution is 5.91. The molecule has 2 aromatic carbocycles. The van der Waals surface area contributed by atoms with E-state index in [1.807, 2.05) is 0 Å². The van der Waals surface area contributed by atoms with Gasteiger partial charge in [0, 0.05) is 12.1 Å². The maximum Gasteiger partial charge on any atom is 0.343 e. The molecule has 3 N–H and O–H groups in total. The van der Waals surface area contributed by atoms with E-state index in [0.29, 0.717) is 23.7 Å². The molecule has 0 bridgehead atoms. The highest BCUT2D eigenvalue weighted by Gasteiger charge is 2.09. The number of aromatic amines is 1. The number of H-pyrrole nitrogens is 1. The second kappa shape index (κ2) is 6.15. The molecule has 7 nitrogen and oxygen atoms in total. The Morgan fingerprint density at radius 2 is 1.82 bits per heavy atom. The van der Waals surface area contributed by atoms with Crippen molar-refractivity contribution in [1.82, 2.24) is 20.6 Å². The van der Waals surface area contributed by atoms with Gasteiger partial charge in [0.15, 0.2) is 0 Å². The van der Waals surface area contributed by atoms with Gasteiger partial charge in [-0.15, -0.1) is 10.2 Å². The molecule has 1 heterocycles. The lowest BCUT2D eigenvalue weighted by Crippen LogP contribution is -2.08. The van der Waals surface area contributed by atoms with Crippen molar-refractivity contribution in [3.8, 4) is 17.1 Å². The number of hydrogen-bond acceptors (Lipinski definition) is 6. The van der Waals surface area contributed by atoms with Gasteiger partial charge in [0.2, 0.25) is 5.82 Å². The first-order valence-corrected chi connectivity index (χ1v) is 6.61. The summed E-state index contributed by atoms with van der Waals surface area (Å²) in [5, 5.41) is 13.6. The van der Waals surface area contributed by atoms with Crippen LogP contribution in [0.3, 0.4) is 0 Å². The van der Waals surface area contributed by atoms with E-state index in [1.165, 1.54) is 0 Å². The molecule has 0 fully saturated rings. The minimum Gasteiger partial charge on any atom is -0.423 e. The zero-order valence-electron chi connectivity index (χ0n) is 11.6. The third-order valence-corrected chi connectivity index (χ3v) is 3.09. The van der Waals surface area contributed by atoms with Crippen molar-refractivity contribution in [2.45, 2.75) is 6.54 Å². The second-order valence-corrected chi connectivity index (χ2v) is 4.55. The summed E-state index contributed by atoms with van der Waals surface area (Å²) in [5.41, 5.74) is 7.73. The van der Waals surface area contributed by atoms with Crippen molar-refractivity contribution in [2.75, 3.05) is 0 Å². The number of benzene rings is 2. The zero-order valence-corrected chi connectivity index (χ0v) is 11.6. The fraction of sp³-hybridized carbons (Fsp3) is 0.0667. The molecular formula is C15H13N5O2. The van der Waals surface area contributed by atoms with Crippen LogP contribution in [-0.4, -0.2) is 26.6 Å². The van der Waals surface area contributed by atoms with Gasteiger partial charge in [-0.2, -0.15) is 5.21 Å². The molecule has 0 spiro atoms. The Morgan fingerprint density at radius 3 is 2.41 bits per heavy atom. The number of ether oxygens (including phenoxy) is 1. The molecule has 7 heteroatoms. The van der Waals surface area contributed by atoms with E-state index in [4.69, 9.17) is 10.5 Å². The van der Waals surface area contributed by atoms with Gasteiger partial charge in [0.25, 0.3) is 0 Å². The van der Waals surface area contributed by atoms with Gasteiger partial charge in [0.05, 0.1) is 5.56 Å². The molecule has 0 radical (unpaired) electrons. The maximum atomic E-state index is 12.0. The van der Waals surface area contributed by atoms with E-state index in [0.717, 1.165) is 11.1 Å². The van der Waals surface area contributed by atoms with Crippen LogP contribution in [-0.2, 0) is 6.54 Å². The number of carbonyl (C=O) groups is 1. The van der Waals surface area contributed by atoms with Crippen LogP contribution in [0.4, 0.5) is 0 Å². The summed E-state index contributed by atoms with van der Waals surface area (Å²) in [6.07, 6.45) is 0. The molecule has 22 heavy (non-hydrogen) atoms. The van der Waals surface area contributed by atoms with Gasteiger partial charge in [0.1, 0.15) is 5.75 Å². The van der Waals surface area contributed by atoms with E-state index in [-0.39, 0.29) is 0 Å². The quantitative estimate of drug-likeness (QED) is 0.558. The van der Waals surface area contributed by atoms with Crippen molar-refractivity contribution in [1.29, 1.82) is 0 Å². The lowest BCUT2D eigenvalue weighted by molar-refractivity contribution is 0.0735. The highest BCUT2D eigenvalue weighted by atomic mass is 16.5. The van der Waals surface area contributed by atoms with Crippen LogP contribution in [0.1, 0.15) is 15.9 Å². The van der Waals surface area contributed by atoms with Gasteiger partial charge in [-0.1, -0.05) is 12.1 Å². The third kappa shape index (κ3) is 2.99. The molecule has 0 saturated heterocycles. The summed E-state index contributed by atoms with van der Waals surface area (Å²) in [6, 6.07) is 13.9. The second-order valence-electron chi connectivity index (χ2n) is 4.55. The number of aromatic nitrogens is 4. The molecule has 0 amide bonds. The average Bonchev–Trinajstić information content (AvgIpc) is 3.10. The van der Waals surface area contributed by atoms with Gasteiger partial charge in [-0.3, -0.25) is 0 Å². The van der Waals surface area contributed by atoms with Gasteiger partial charge >= 0.3 is 5.97 Å². The van der Waals surface area contributed by atoms with Crippen LogP contribution in [0.2, 0.25) is 0 Å². The molecule has 3 rings (SSSR count). The van der Waals surface area contributed by atoms with Crippen LogP contribution < -0.4 is 10.5 Å². The predicted octanol–water partition coefficient (Wildman–Crippen LogP) is 1.54. The molecule has 3 aromatic rings. The van der Waals surface area contributed by atoms with Crippen molar-refractivity contribution in [2.24, 2.45) is 5.73 Å². The number of tetrazole rings is 1. The number of carbonyl (C=O) groups excluding carboxylic acids is 1. The number of hydrogen-bond donors (Lipinski definition) is 2. The van der Waals surface area contributed by atoms with E-state index in [2.05, 4.69) is 20.6 Å². The summed E-state index contributed by atoms with van der Waals surface area (Å²) in [6.45, 7) is 0.437. The molecule has 0 aliphatic rings. The fourth-order valence-corrected chi connectivity index (χ4v) is 1.90. The first-order chi connectivity index (χ1) is 10.8. The van der Waals surface area contributed by atoms with Crippen molar-refractivity contribution in [3.05, 3.63) is 59.7 Å². The van der Waals surface area contributed by atoms with Crippen molar-refractivity contribution >= 4 is 5.97 Å². The van der Waals surface area contributed by atoms with Gasteiger partial charge in [-0.05, 0) is 47.2 Å². The number of nitrogens with two attached hydrogens (primary N) is 1. The summed E-state index contributed by atoms with van der Waals surface area (Å²) in [7, 11) is 0. The van der Waals surface area contributed by atoms with Crippen LogP contribution in [0, 0.1) is 0 Å². The van der Waals surface area contributed by atoms with Crippen LogP contribution in [0.25, 0.3) is 11.4 Å². The number of rotatable bonds is 4. The third-order valence-electron chi connectivity index (χ3n) is 3.09. The smallest absolute Gasteiger partial charge is 0.343 e. The SMILES string of the molecule is NCc1ccc(C(=O)Oc2ccc(-c3nn[nH]n3)cc2)cc1. The first-order valence-electron chi connectivity index (χ1n) is 6.61. The van der Waals surface area contributed by atoms with E-state index >= 15 is 0 Å². The standard InChI is InChI=1S/C15H13N5O2/c16-9-10-1-3-12(4-2-10)15(21)22-13-7-5-11(6-8-13)14-17-19-20-18-14/h1-8H,9,16H2,(H,17,18,19,20). The van der Waals surface area contributed by atoms with Crippen LogP contribution in [0.5, 0.6) is 5.75 Å². The first kappa shape index (κ1) is 13.9. The van der Waals surface area contributed by atoms with Crippen molar-refractivity contribution in [3.63, 3.8) is 0 Å². The van der Waals surface area contributed by atoms with E-state index < -0.39 is 5.97 Å². The molecule has 0 aliphatic heterocycles. The van der Waals surface area contributed by atoms with E-state index in [9.17, 15) is 4.79 Å². The van der Waals surface area contributed by atoms with Crippen LogP contribution in [0.15, 0.2) is 48.5 Å². The van der Waals surface area contributed by atoms with Crippen LogP contribution >= 0.6 is 0 Å². The molecular weight excluding hydrogens is 282 g/mol. The number of nitrogens with zero attached hydrogens (tertiary/aromatic N) is 3. The Hall–Kier alpha value is -3.06. The Kier molecular flexibility index (Phi) is 3.88. The Morgan fingerprint density at radius 1 is 1.09 bits per heavy atom. The summed E-state index contributed by atoms with van der Waals surface area (Å²) >= 11 is 0. The average molecular weight is 295 g/mol. The molecule has 1 aromatic heterocycles. The number of nitrogens with one attached hydrogen (secondary N) is 1. The normalized spacial score (nSPS) is 10.4. The molecule has 0 atom stereocenters. The lowest BCUT2D eigenvalue weighted by Gasteiger charge is -2.05. The fourth-order valence-electron chi connectivity index (χ4n) is 1.90. The summed E-state index contributed by atoms with van der Waals surface area (Å²) in [4.78, 5) is 12.0. The lowest BCUT2D eigenvalue weighted by atomic mass is 10.1. The highest BCUT2D eigenvalue weighted by Crippen LogP contribution is 2.19. The van der Waals surface area contributed by atoms with Gasteiger partial charge in [-0.25, -0.2) is 4.79 Å². The summed E-state index contributed by atoms with van der Waals surface area (Å²) in [5.74, 6) is 0.506. The topological polar surface area (TPSA) is 107 Å². The number of esters is 1. The molecule has 0 unspecified atom stereocenters. The predicted molar refractivity (Wildman–Crippen MR) is 78.9 cm³/mol. The Labute approximate surface area is 126 Å². The van der Waals surface area contributed by atoms with Crippen molar-refractivity contribution < 1.29 is 9.53 Å². The van der Waals surface area contributed by atoms with E-state index in [1.54, 1.807) is 48.5 Å².